The predicted molar refractivity (Wildman–Crippen MR) is 82.0 cm³/mol. The van der Waals surface area contributed by atoms with E-state index in [2.05, 4.69) is 4.98 Å². The van der Waals surface area contributed by atoms with E-state index in [0.29, 0.717) is 12.2 Å². The van der Waals surface area contributed by atoms with Gasteiger partial charge in [-0.1, -0.05) is 17.7 Å². The normalized spacial score (nSPS) is 10.6. The molecule has 0 fully saturated rings. The van der Waals surface area contributed by atoms with Gasteiger partial charge in [0.1, 0.15) is 18.0 Å². The number of ether oxygens (including phenoxy) is 2. The molecule has 0 saturated carbocycles. The first kappa shape index (κ1) is 14.1. The van der Waals surface area contributed by atoms with Crippen molar-refractivity contribution in [2.75, 3.05) is 7.11 Å². The molecule has 0 radical (unpaired) electrons. The van der Waals surface area contributed by atoms with Gasteiger partial charge in [-0.2, -0.15) is 0 Å². The van der Waals surface area contributed by atoms with Crippen LogP contribution in [0.1, 0.15) is 21.6 Å². The SMILES string of the molecule is COC(=O)c1ccc2nc(COc3ccc(C)cc3)cn2c1. The monoisotopic (exact) mass is 296 g/mol. The van der Waals surface area contributed by atoms with Crippen LogP contribution in [0.4, 0.5) is 0 Å². The third-order valence-corrected chi connectivity index (χ3v) is 3.33. The topological polar surface area (TPSA) is 52.8 Å². The van der Waals surface area contributed by atoms with E-state index in [1.54, 1.807) is 22.7 Å². The lowest BCUT2D eigenvalue weighted by Gasteiger charge is -2.03. The van der Waals surface area contributed by atoms with Crippen LogP contribution in [0.5, 0.6) is 5.75 Å². The number of aryl methyl sites for hydroxylation is 1. The molecule has 1 aromatic carbocycles. The van der Waals surface area contributed by atoms with Gasteiger partial charge in [0.2, 0.25) is 0 Å². The molecule has 5 heteroatoms. The van der Waals surface area contributed by atoms with Crippen LogP contribution in [0.3, 0.4) is 0 Å². The van der Waals surface area contributed by atoms with Crippen molar-refractivity contribution in [1.29, 1.82) is 0 Å². The lowest BCUT2D eigenvalue weighted by molar-refractivity contribution is 0.0600. The molecule has 22 heavy (non-hydrogen) atoms. The van der Waals surface area contributed by atoms with Crippen molar-refractivity contribution in [1.82, 2.24) is 9.38 Å². The zero-order chi connectivity index (χ0) is 15.5. The van der Waals surface area contributed by atoms with Crippen molar-refractivity contribution < 1.29 is 14.3 Å². The van der Waals surface area contributed by atoms with Crippen molar-refractivity contribution in [3.05, 3.63) is 65.6 Å². The second-order valence-electron chi connectivity index (χ2n) is 5.01. The van der Waals surface area contributed by atoms with Crippen molar-refractivity contribution in [3.63, 3.8) is 0 Å². The maximum Gasteiger partial charge on any atom is 0.339 e. The largest absolute Gasteiger partial charge is 0.487 e. The van der Waals surface area contributed by atoms with Crippen LogP contribution >= 0.6 is 0 Å². The summed E-state index contributed by atoms with van der Waals surface area (Å²) >= 11 is 0. The van der Waals surface area contributed by atoms with Crippen LogP contribution in [-0.2, 0) is 11.3 Å². The van der Waals surface area contributed by atoms with Crippen molar-refractivity contribution in [3.8, 4) is 5.75 Å². The summed E-state index contributed by atoms with van der Waals surface area (Å²) in [4.78, 5) is 16.0. The van der Waals surface area contributed by atoms with E-state index in [1.165, 1.54) is 12.7 Å². The molecule has 0 unspecified atom stereocenters. The average molecular weight is 296 g/mol. The lowest BCUT2D eigenvalue weighted by atomic mass is 10.2. The number of hydrogen-bond acceptors (Lipinski definition) is 4. The molecule has 5 nitrogen and oxygen atoms in total. The van der Waals surface area contributed by atoms with Gasteiger partial charge in [-0.3, -0.25) is 0 Å². The molecule has 0 aliphatic rings. The van der Waals surface area contributed by atoms with Crippen molar-refractivity contribution >= 4 is 11.6 Å². The van der Waals surface area contributed by atoms with E-state index in [4.69, 9.17) is 9.47 Å². The molecule has 0 bridgehead atoms. The number of pyridine rings is 1. The van der Waals surface area contributed by atoms with Crippen molar-refractivity contribution in [2.45, 2.75) is 13.5 Å². The Labute approximate surface area is 128 Å². The maximum atomic E-state index is 11.5. The minimum absolute atomic E-state index is 0.368. The summed E-state index contributed by atoms with van der Waals surface area (Å²) in [6.07, 6.45) is 3.54. The van der Waals surface area contributed by atoms with Crippen LogP contribution in [0.15, 0.2) is 48.8 Å². The third-order valence-electron chi connectivity index (χ3n) is 3.33. The molecule has 0 saturated heterocycles. The molecule has 2 heterocycles. The van der Waals surface area contributed by atoms with Crippen molar-refractivity contribution in [2.24, 2.45) is 0 Å². The number of carbonyl (C=O) groups is 1. The van der Waals surface area contributed by atoms with E-state index in [-0.39, 0.29) is 5.97 Å². The van der Waals surface area contributed by atoms with E-state index >= 15 is 0 Å². The summed E-state index contributed by atoms with van der Waals surface area (Å²) in [7, 11) is 1.36. The first-order valence-electron chi connectivity index (χ1n) is 6.91. The van der Waals surface area contributed by atoms with Gasteiger partial charge in [0.15, 0.2) is 0 Å². The number of fused-ring (bicyclic) bond motifs is 1. The fraction of sp³-hybridized carbons (Fsp3) is 0.176. The molecule has 3 aromatic rings. The Morgan fingerprint density at radius 3 is 2.64 bits per heavy atom. The van der Waals surface area contributed by atoms with Crippen LogP contribution in [0, 0.1) is 6.92 Å². The van der Waals surface area contributed by atoms with Gasteiger partial charge in [-0.15, -0.1) is 0 Å². The Balaban J connectivity index is 1.77. The molecule has 0 aliphatic carbocycles. The quantitative estimate of drug-likeness (QED) is 0.694. The highest BCUT2D eigenvalue weighted by atomic mass is 16.5. The summed E-state index contributed by atoms with van der Waals surface area (Å²) in [6.45, 7) is 2.41. The predicted octanol–water partition coefficient (Wildman–Crippen LogP) is 3.01. The minimum Gasteiger partial charge on any atom is -0.487 e. The number of aromatic nitrogens is 2. The average Bonchev–Trinajstić information content (AvgIpc) is 2.95. The van der Waals surface area contributed by atoms with E-state index in [1.807, 2.05) is 37.4 Å². The number of nitrogens with zero attached hydrogens (tertiary/aromatic N) is 2. The summed E-state index contributed by atoms with van der Waals surface area (Å²) in [5, 5.41) is 0. The second-order valence-corrected chi connectivity index (χ2v) is 5.01. The number of rotatable bonds is 4. The first-order chi connectivity index (χ1) is 10.7. The van der Waals surface area contributed by atoms with Gasteiger partial charge in [0.05, 0.1) is 18.4 Å². The number of hydrogen-bond donors (Lipinski definition) is 0. The number of imidazole rings is 1. The minimum atomic E-state index is -0.368. The van der Waals surface area contributed by atoms with E-state index < -0.39 is 0 Å². The van der Waals surface area contributed by atoms with Gasteiger partial charge in [-0.25, -0.2) is 9.78 Å². The smallest absolute Gasteiger partial charge is 0.339 e. The fourth-order valence-corrected chi connectivity index (χ4v) is 2.14. The highest BCUT2D eigenvalue weighted by molar-refractivity contribution is 5.89. The molecule has 0 amide bonds. The zero-order valence-corrected chi connectivity index (χ0v) is 12.4. The number of esters is 1. The van der Waals surface area contributed by atoms with Gasteiger partial charge in [-0.05, 0) is 31.2 Å². The van der Waals surface area contributed by atoms with Gasteiger partial charge in [0, 0.05) is 12.4 Å². The summed E-state index contributed by atoms with van der Waals surface area (Å²) in [5.41, 5.74) is 3.23. The van der Waals surface area contributed by atoms with Gasteiger partial charge < -0.3 is 13.9 Å². The molecule has 0 N–H and O–H groups in total. The third kappa shape index (κ3) is 2.93. The fourth-order valence-electron chi connectivity index (χ4n) is 2.14. The Morgan fingerprint density at radius 1 is 1.14 bits per heavy atom. The van der Waals surface area contributed by atoms with E-state index in [9.17, 15) is 4.79 Å². The van der Waals surface area contributed by atoms with E-state index in [0.717, 1.165) is 17.1 Å². The Bertz CT molecular complexity index is 806. The number of methoxy groups -OCH3 is 1. The zero-order valence-electron chi connectivity index (χ0n) is 12.4. The molecule has 112 valence electrons. The first-order valence-corrected chi connectivity index (χ1v) is 6.91. The lowest BCUT2D eigenvalue weighted by Crippen LogP contribution is -2.02. The standard InChI is InChI=1S/C17H16N2O3/c1-12-3-6-15(7-4-12)22-11-14-10-19-9-13(17(20)21-2)5-8-16(19)18-14/h3-10H,11H2,1-2H3. The Kier molecular flexibility index (Phi) is 3.78. The maximum absolute atomic E-state index is 11.5. The summed E-state index contributed by atoms with van der Waals surface area (Å²) < 4.78 is 12.2. The van der Waals surface area contributed by atoms with Gasteiger partial charge >= 0.3 is 5.97 Å². The highest BCUT2D eigenvalue weighted by Crippen LogP contribution is 2.14. The Hall–Kier alpha value is -2.82. The summed E-state index contributed by atoms with van der Waals surface area (Å²) in [6, 6.07) is 11.3. The van der Waals surface area contributed by atoms with Gasteiger partial charge in [0.25, 0.3) is 0 Å². The number of carbonyl (C=O) groups excluding carboxylic acids is 1. The molecule has 2 aromatic heterocycles. The van der Waals surface area contributed by atoms with Crippen LogP contribution < -0.4 is 4.74 Å². The Morgan fingerprint density at radius 2 is 1.91 bits per heavy atom. The molecular weight excluding hydrogens is 280 g/mol. The molecule has 0 aliphatic heterocycles. The molecule has 3 rings (SSSR count). The highest BCUT2D eigenvalue weighted by Gasteiger charge is 2.08. The van der Waals surface area contributed by atoms with Crippen LogP contribution in [0.2, 0.25) is 0 Å². The number of benzene rings is 1. The van der Waals surface area contributed by atoms with Crippen LogP contribution in [-0.4, -0.2) is 22.5 Å². The summed E-state index contributed by atoms with van der Waals surface area (Å²) in [5.74, 6) is 0.436. The molecular formula is C17H16N2O3. The van der Waals surface area contributed by atoms with Crippen LogP contribution in [0.25, 0.3) is 5.65 Å². The molecule has 0 atom stereocenters. The molecule has 0 spiro atoms. The second kappa shape index (κ2) is 5.89.